The Labute approximate surface area is 109 Å². The van der Waals surface area contributed by atoms with Gasteiger partial charge < -0.3 is 10.6 Å². The van der Waals surface area contributed by atoms with Crippen molar-refractivity contribution in [3.63, 3.8) is 0 Å². The first-order valence-electron chi connectivity index (χ1n) is 4.51. The minimum absolute atomic E-state index is 0.308. The molecule has 0 atom stereocenters. The van der Waals surface area contributed by atoms with Crippen LogP contribution in [-0.2, 0) is 0 Å². The van der Waals surface area contributed by atoms with Gasteiger partial charge in [0, 0.05) is 15.5 Å². The van der Waals surface area contributed by atoms with Crippen LogP contribution in [0.3, 0.4) is 0 Å². The predicted molar refractivity (Wildman–Crippen MR) is 73.6 cm³/mol. The van der Waals surface area contributed by atoms with Gasteiger partial charge in [-0.15, -0.1) is 0 Å². The molecule has 82 valence electrons. The molecule has 1 aromatic rings. The maximum absolute atomic E-state index is 5.88. The Morgan fingerprint density at radius 1 is 1.47 bits per heavy atom. The summed E-state index contributed by atoms with van der Waals surface area (Å²) in [5.41, 5.74) is 0.862. The monoisotopic (exact) mass is 306 g/mol. The summed E-state index contributed by atoms with van der Waals surface area (Å²) >= 11 is 14.4. The van der Waals surface area contributed by atoms with Crippen LogP contribution in [0.4, 0.5) is 5.69 Å². The summed E-state index contributed by atoms with van der Waals surface area (Å²) < 4.78 is 0.930. The molecule has 0 radical (unpaired) electrons. The van der Waals surface area contributed by atoms with E-state index in [1.807, 2.05) is 32.0 Å². The van der Waals surface area contributed by atoms with Gasteiger partial charge in [-0.3, -0.25) is 0 Å². The second-order valence-electron chi connectivity index (χ2n) is 3.38. The molecular weight excluding hydrogens is 296 g/mol. The van der Waals surface area contributed by atoms with Crippen molar-refractivity contribution in [3.05, 3.63) is 27.7 Å². The SMILES string of the molecule is CC(C)NC(=S)Nc1cc(Cl)ccc1Br. The first-order valence-corrected chi connectivity index (χ1v) is 6.09. The average molecular weight is 308 g/mol. The fourth-order valence-corrected chi connectivity index (χ4v) is 1.88. The van der Waals surface area contributed by atoms with Crippen molar-refractivity contribution < 1.29 is 0 Å². The number of anilines is 1. The van der Waals surface area contributed by atoms with Crippen LogP contribution in [0.15, 0.2) is 22.7 Å². The summed E-state index contributed by atoms with van der Waals surface area (Å²) in [6.07, 6.45) is 0. The molecule has 0 saturated carbocycles. The lowest BCUT2D eigenvalue weighted by Gasteiger charge is -2.14. The van der Waals surface area contributed by atoms with Gasteiger partial charge in [-0.1, -0.05) is 11.6 Å². The molecule has 1 aromatic carbocycles. The molecule has 0 aromatic heterocycles. The van der Waals surface area contributed by atoms with Gasteiger partial charge >= 0.3 is 0 Å². The summed E-state index contributed by atoms with van der Waals surface area (Å²) in [4.78, 5) is 0. The fourth-order valence-electron chi connectivity index (χ4n) is 1.01. The van der Waals surface area contributed by atoms with Gasteiger partial charge in [0.25, 0.3) is 0 Å². The lowest BCUT2D eigenvalue weighted by Crippen LogP contribution is -2.33. The maximum Gasteiger partial charge on any atom is 0.171 e. The summed E-state index contributed by atoms with van der Waals surface area (Å²) in [5, 5.41) is 7.43. The van der Waals surface area contributed by atoms with Crippen LogP contribution in [-0.4, -0.2) is 11.2 Å². The topological polar surface area (TPSA) is 24.1 Å². The van der Waals surface area contributed by atoms with Crippen LogP contribution >= 0.6 is 39.7 Å². The van der Waals surface area contributed by atoms with E-state index in [2.05, 4.69) is 26.6 Å². The molecule has 2 N–H and O–H groups in total. The third-order valence-corrected chi connectivity index (χ3v) is 2.74. The number of benzene rings is 1. The minimum Gasteiger partial charge on any atom is -0.360 e. The number of hydrogen-bond donors (Lipinski definition) is 2. The van der Waals surface area contributed by atoms with Gasteiger partial charge in [0.15, 0.2) is 5.11 Å². The molecule has 2 nitrogen and oxygen atoms in total. The van der Waals surface area contributed by atoms with Crippen LogP contribution in [0.5, 0.6) is 0 Å². The normalized spacial score (nSPS) is 10.2. The highest BCUT2D eigenvalue weighted by Crippen LogP contribution is 2.25. The molecular formula is C10H12BrClN2S. The Bertz CT molecular complexity index is 368. The molecule has 1 rings (SSSR count). The molecule has 15 heavy (non-hydrogen) atoms. The molecule has 0 spiro atoms. The Morgan fingerprint density at radius 2 is 2.13 bits per heavy atom. The Morgan fingerprint density at radius 3 is 2.73 bits per heavy atom. The Balaban J connectivity index is 2.71. The first kappa shape index (κ1) is 12.7. The molecule has 0 amide bonds. The molecule has 0 aliphatic heterocycles. The molecule has 0 saturated heterocycles. The van der Waals surface area contributed by atoms with E-state index in [4.69, 9.17) is 23.8 Å². The van der Waals surface area contributed by atoms with Crippen molar-refractivity contribution >= 4 is 50.5 Å². The van der Waals surface area contributed by atoms with E-state index < -0.39 is 0 Å². The van der Waals surface area contributed by atoms with Crippen molar-refractivity contribution in [2.45, 2.75) is 19.9 Å². The van der Waals surface area contributed by atoms with Gasteiger partial charge in [0.05, 0.1) is 5.69 Å². The third-order valence-electron chi connectivity index (χ3n) is 1.60. The predicted octanol–water partition coefficient (Wildman–Crippen LogP) is 3.80. The highest BCUT2D eigenvalue weighted by atomic mass is 79.9. The molecule has 0 aliphatic carbocycles. The zero-order valence-corrected chi connectivity index (χ0v) is 11.6. The number of rotatable bonds is 2. The van der Waals surface area contributed by atoms with Gasteiger partial charge in [-0.25, -0.2) is 0 Å². The van der Waals surface area contributed by atoms with Gasteiger partial charge in [-0.2, -0.15) is 0 Å². The lowest BCUT2D eigenvalue weighted by atomic mass is 10.3. The average Bonchev–Trinajstić information content (AvgIpc) is 2.10. The zero-order chi connectivity index (χ0) is 11.4. The number of halogens is 2. The smallest absolute Gasteiger partial charge is 0.171 e. The highest BCUT2D eigenvalue weighted by molar-refractivity contribution is 9.10. The van der Waals surface area contributed by atoms with Gasteiger partial charge in [0.1, 0.15) is 0 Å². The maximum atomic E-state index is 5.88. The largest absolute Gasteiger partial charge is 0.360 e. The van der Waals surface area contributed by atoms with E-state index in [1.54, 1.807) is 0 Å². The third kappa shape index (κ3) is 4.36. The summed E-state index contributed by atoms with van der Waals surface area (Å²) in [6, 6.07) is 5.82. The number of hydrogen-bond acceptors (Lipinski definition) is 1. The van der Waals surface area contributed by atoms with Crippen molar-refractivity contribution in [1.29, 1.82) is 0 Å². The Hall–Kier alpha value is -0.320. The van der Waals surface area contributed by atoms with Crippen molar-refractivity contribution in [2.75, 3.05) is 5.32 Å². The number of nitrogens with one attached hydrogen (secondary N) is 2. The van der Waals surface area contributed by atoms with Crippen LogP contribution in [0.2, 0.25) is 5.02 Å². The van der Waals surface area contributed by atoms with E-state index in [0.717, 1.165) is 10.2 Å². The lowest BCUT2D eigenvalue weighted by molar-refractivity contribution is 0.739. The summed E-state index contributed by atoms with van der Waals surface area (Å²) in [6.45, 7) is 4.06. The van der Waals surface area contributed by atoms with E-state index in [0.29, 0.717) is 16.2 Å². The van der Waals surface area contributed by atoms with Crippen molar-refractivity contribution in [1.82, 2.24) is 5.32 Å². The van der Waals surface area contributed by atoms with E-state index in [-0.39, 0.29) is 0 Å². The standard InChI is InChI=1S/C10H12BrClN2S/c1-6(2)13-10(15)14-9-5-7(12)3-4-8(9)11/h3-6H,1-2H3,(H2,13,14,15). The highest BCUT2D eigenvalue weighted by Gasteiger charge is 2.03. The van der Waals surface area contributed by atoms with Crippen LogP contribution in [0.25, 0.3) is 0 Å². The summed E-state index contributed by atoms with van der Waals surface area (Å²) in [5.74, 6) is 0. The van der Waals surface area contributed by atoms with Crippen LogP contribution in [0, 0.1) is 0 Å². The van der Waals surface area contributed by atoms with E-state index >= 15 is 0 Å². The fraction of sp³-hybridized carbons (Fsp3) is 0.300. The first-order chi connectivity index (χ1) is 6.99. The van der Waals surface area contributed by atoms with Gasteiger partial charge in [-0.05, 0) is 60.2 Å². The molecule has 5 heteroatoms. The molecule has 0 heterocycles. The van der Waals surface area contributed by atoms with E-state index in [1.165, 1.54) is 0 Å². The second-order valence-corrected chi connectivity index (χ2v) is 5.08. The summed E-state index contributed by atoms with van der Waals surface area (Å²) in [7, 11) is 0. The number of thiocarbonyl (C=S) groups is 1. The second kappa shape index (κ2) is 5.68. The minimum atomic E-state index is 0.308. The molecule has 0 aliphatic rings. The quantitative estimate of drug-likeness (QED) is 0.813. The van der Waals surface area contributed by atoms with E-state index in [9.17, 15) is 0 Å². The van der Waals surface area contributed by atoms with Crippen molar-refractivity contribution in [2.24, 2.45) is 0 Å². The molecule has 0 bridgehead atoms. The molecule has 0 unspecified atom stereocenters. The molecule has 0 fully saturated rings. The van der Waals surface area contributed by atoms with Gasteiger partial charge in [0.2, 0.25) is 0 Å². The van der Waals surface area contributed by atoms with Crippen LogP contribution in [0.1, 0.15) is 13.8 Å². The van der Waals surface area contributed by atoms with Crippen molar-refractivity contribution in [3.8, 4) is 0 Å². The Kier molecular flexibility index (Phi) is 4.83. The van der Waals surface area contributed by atoms with Crippen LogP contribution < -0.4 is 10.6 Å². The zero-order valence-electron chi connectivity index (χ0n) is 8.47.